The van der Waals surface area contributed by atoms with Crippen LogP contribution in [0.25, 0.3) is 0 Å². The highest BCUT2D eigenvalue weighted by Gasteiger charge is 2.22. The Morgan fingerprint density at radius 1 is 1.06 bits per heavy atom. The molecule has 0 aliphatic rings. The van der Waals surface area contributed by atoms with E-state index in [1.807, 2.05) is 19.4 Å². The van der Waals surface area contributed by atoms with E-state index in [0.717, 1.165) is 12.0 Å². The summed E-state index contributed by atoms with van der Waals surface area (Å²) in [5, 5.41) is 3.39. The van der Waals surface area contributed by atoms with Crippen molar-refractivity contribution in [1.82, 2.24) is 15.3 Å². The predicted molar refractivity (Wildman–Crippen MR) is 73.3 cm³/mol. The molecule has 0 aliphatic heterocycles. The van der Waals surface area contributed by atoms with Crippen molar-refractivity contribution in [1.29, 1.82) is 0 Å². The van der Waals surface area contributed by atoms with E-state index in [1.54, 1.807) is 6.33 Å². The Kier molecular flexibility index (Phi) is 4.42. The van der Waals surface area contributed by atoms with Gasteiger partial charge in [-0.3, -0.25) is 0 Å². The molecule has 1 heterocycles. The zero-order chi connectivity index (χ0) is 12.8. The van der Waals surface area contributed by atoms with Crippen LogP contribution in [0.1, 0.15) is 36.4 Å². The molecule has 0 bridgehead atoms. The molecule has 3 nitrogen and oxygen atoms in total. The third kappa shape index (κ3) is 2.74. The second kappa shape index (κ2) is 6.26. The number of benzene rings is 1. The first-order valence-electron chi connectivity index (χ1n) is 6.34. The van der Waals surface area contributed by atoms with E-state index in [9.17, 15) is 0 Å². The van der Waals surface area contributed by atoms with Crippen molar-refractivity contribution < 1.29 is 0 Å². The smallest absolute Gasteiger partial charge is 0.115 e. The van der Waals surface area contributed by atoms with Gasteiger partial charge in [-0.1, -0.05) is 37.3 Å². The molecule has 0 fully saturated rings. The molecule has 2 unspecified atom stereocenters. The Morgan fingerprint density at radius 3 is 2.28 bits per heavy atom. The van der Waals surface area contributed by atoms with Crippen LogP contribution in [-0.2, 0) is 0 Å². The average Bonchev–Trinajstić information content (AvgIpc) is 2.46. The summed E-state index contributed by atoms with van der Waals surface area (Å²) in [7, 11) is 1.99. The number of rotatable bonds is 5. The summed E-state index contributed by atoms with van der Waals surface area (Å²) >= 11 is 0. The first-order valence-corrected chi connectivity index (χ1v) is 6.34. The van der Waals surface area contributed by atoms with E-state index >= 15 is 0 Å². The van der Waals surface area contributed by atoms with Gasteiger partial charge in [0.05, 0.1) is 0 Å². The highest BCUT2D eigenvalue weighted by Crippen LogP contribution is 2.32. The van der Waals surface area contributed by atoms with Crippen molar-refractivity contribution >= 4 is 0 Å². The maximum absolute atomic E-state index is 4.11. The zero-order valence-electron chi connectivity index (χ0n) is 10.9. The molecule has 1 N–H and O–H groups in total. The normalized spacial score (nSPS) is 14.1. The van der Waals surface area contributed by atoms with Crippen LogP contribution < -0.4 is 5.32 Å². The fraction of sp³-hybridized carbons (Fsp3) is 0.333. The molecule has 2 rings (SSSR count). The molecule has 0 spiro atoms. The largest absolute Gasteiger partial charge is 0.312 e. The SMILES string of the molecule is CCC(c1ccccc1)C(NC)c1cncnc1. The van der Waals surface area contributed by atoms with E-state index in [-0.39, 0.29) is 6.04 Å². The molecule has 0 aliphatic carbocycles. The van der Waals surface area contributed by atoms with Crippen molar-refractivity contribution in [3.05, 3.63) is 60.2 Å². The van der Waals surface area contributed by atoms with Crippen LogP contribution in [0.4, 0.5) is 0 Å². The summed E-state index contributed by atoms with van der Waals surface area (Å²) in [6.45, 7) is 2.21. The van der Waals surface area contributed by atoms with Crippen LogP contribution in [0.2, 0.25) is 0 Å². The molecule has 1 aromatic carbocycles. The topological polar surface area (TPSA) is 37.8 Å². The summed E-state index contributed by atoms with van der Waals surface area (Å²) in [4.78, 5) is 8.23. The first kappa shape index (κ1) is 12.7. The Bertz CT molecular complexity index is 410. The van der Waals surface area contributed by atoms with Gasteiger partial charge in [0.2, 0.25) is 0 Å². The number of nitrogens with one attached hydrogen (secondary N) is 1. The number of likely N-dealkylation sites (N-methyl/N-ethyl adjacent to an activating group) is 1. The van der Waals surface area contributed by atoms with Crippen molar-refractivity contribution in [2.24, 2.45) is 0 Å². The van der Waals surface area contributed by atoms with Crippen LogP contribution in [0.15, 0.2) is 49.1 Å². The molecule has 2 atom stereocenters. The van der Waals surface area contributed by atoms with E-state index < -0.39 is 0 Å². The van der Waals surface area contributed by atoms with Crippen molar-refractivity contribution in [2.45, 2.75) is 25.3 Å². The average molecular weight is 241 g/mol. The Balaban J connectivity index is 2.31. The van der Waals surface area contributed by atoms with Gasteiger partial charge < -0.3 is 5.32 Å². The van der Waals surface area contributed by atoms with Crippen LogP contribution >= 0.6 is 0 Å². The molecule has 0 radical (unpaired) electrons. The first-order chi connectivity index (χ1) is 8.86. The van der Waals surface area contributed by atoms with E-state index in [4.69, 9.17) is 0 Å². The molecular weight excluding hydrogens is 222 g/mol. The van der Waals surface area contributed by atoms with Crippen molar-refractivity contribution in [3.63, 3.8) is 0 Å². The molecule has 1 aromatic heterocycles. The van der Waals surface area contributed by atoms with Gasteiger partial charge in [0, 0.05) is 29.9 Å². The summed E-state index contributed by atoms with van der Waals surface area (Å²) < 4.78 is 0. The molecule has 0 amide bonds. The summed E-state index contributed by atoms with van der Waals surface area (Å²) in [5.74, 6) is 0.433. The lowest BCUT2D eigenvalue weighted by molar-refractivity contribution is 0.465. The highest BCUT2D eigenvalue weighted by atomic mass is 14.9. The molecule has 2 aromatic rings. The van der Waals surface area contributed by atoms with Gasteiger partial charge in [0.15, 0.2) is 0 Å². The fourth-order valence-electron chi connectivity index (χ4n) is 2.44. The van der Waals surface area contributed by atoms with Gasteiger partial charge in [-0.2, -0.15) is 0 Å². The van der Waals surface area contributed by atoms with Gasteiger partial charge >= 0.3 is 0 Å². The fourth-order valence-corrected chi connectivity index (χ4v) is 2.44. The summed E-state index contributed by atoms with van der Waals surface area (Å²) in [6.07, 6.45) is 6.42. The molecule has 94 valence electrons. The maximum atomic E-state index is 4.11. The third-order valence-corrected chi connectivity index (χ3v) is 3.32. The van der Waals surface area contributed by atoms with Crippen LogP contribution in [0.5, 0.6) is 0 Å². The van der Waals surface area contributed by atoms with Crippen molar-refractivity contribution in [3.8, 4) is 0 Å². The summed E-state index contributed by atoms with van der Waals surface area (Å²) in [5.41, 5.74) is 2.49. The quantitative estimate of drug-likeness (QED) is 0.874. The van der Waals surface area contributed by atoms with E-state index in [1.165, 1.54) is 5.56 Å². The highest BCUT2D eigenvalue weighted by molar-refractivity contribution is 5.25. The van der Waals surface area contributed by atoms with Gasteiger partial charge in [0.25, 0.3) is 0 Å². The van der Waals surface area contributed by atoms with Gasteiger partial charge in [-0.05, 0) is 19.0 Å². The van der Waals surface area contributed by atoms with Gasteiger partial charge in [-0.15, -0.1) is 0 Å². The molecule has 0 saturated heterocycles. The number of aromatic nitrogens is 2. The second-order valence-electron chi connectivity index (χ2n) is 4.36. The minimum Gasteiger partial charge on any atom is -0.312 e. The molecule has 18 heavy (non-hydrogen) atoms. The lowest BCUT2D eigenvalue weighted by atomic mass is 9.86. The van der Waals surface area contributed by atoms with Crippen LogP contribution in [-0.4, -0.2) is 17.0 Å². The Morgan fingerprint density at radius 2 is 1.72 bits per heavy atom. The lowest BCUT2D eigenvalue weighted by Crippen LogP contribution is -2.24. The van der Waals surface area contributed by atoms with Crippen LogP contribution in [0.3, 0.4) is 0 Å². The number of nitrogens with zero attached hydrogens (tertiary/aromatic N) is 2. The van der Waals surface area contributed by atoms with Gasteiger partial charge in [-0.25, -0.2) is 9.97 Å². The van der Waals surface area contributed by atoms with Crippen LogP contribution in [0, 0.1) is 0 Å². The molecule has 0 saturated carbocycles. The minimum absolute atomic E-state index is 0.249. The van der Waals surface area contributed by atoms with E-state index in [2.05, 4.69) is 52.5 Å². The maximum Gasteiger partial charge on any atom is 0.115 e. The lowest BCUT2D eigenvalue weighted by Gasteiger charge is -2.26. The third-order valence-electron chi connectivity index (χ3n) is 3.32. The monoisotopic (exact) mass is 241 g/mol. The van der Waals surface area contributed by atoms with Gasteiger partial charge in [0.1, 0.15) is 6.33 Å². The van der Waals surface area contributed by atoms with E-state index in [0.29, 0.717) is 5.92 Å². The number of hydrogen-bond acceptors (Lipinski definition) is 3. The zero-order valence-corrected chi connectivity index (χ0v) is 10.9. The second-order valence-corrected chi connectivity index (χ2v) is 4.36. The molecule has 3 heteroatoms. The Hall–Kier alpha value is -1.74. The minimum atomic E-state index is 0.249. The summed E-state index contributed by atoms with van der Waals surface area (Å²) in [6, 6.07) is 10.8. The molecular formula is C15H19N3. The van der Waals surface area contributed by atoms with Crippen molar-refractivity contribution in [2.75, 3.05) is 7.05 Å². The Labute approximate surface area is 108 Å². The predicted octanol–water partition coefficient (Wildman–Crippen LogP) is 2.93. The standard InChI is InChI=1S/C15H19N3/c1-3-14(12-7-5-4-6-8-12)15(16-2)13-9-17-11-18-10-13/h4-11,14-16H,3H2,1-2H3. The number of hydrogen-bond donors (Lipinski definition) is 1.